The maximum absolute atomic E-state index is 12.1. The maximum atomic E-state index is 12.1. The van der Waals surface area contributed by atoms with E-state index < -0.39 is 11.5 Å². The zero-order valence-electron chi connectivity index (χ0n) is 10.1. The summed E-state index contributed by atoms with van der Waals surface area (Å²) >= 11 is 0. The fourth-order valence-electron chi connectivity index (χ4n) is 3.54. The zero-order valence-corrected chi connectivity index (χ0v) is 10.1. The quantitative estimate of drug-likeness (QED) is 0.776. The lowest BCUT2D eigenvalue weighted by molar-refractivity contribution is -0.148. The second-order valence-corrected chi connectivity index (χ2v) is 6.06. The van der Waals surface area contributed by atoms with E-state index in [1.54, 1.807) is 6.92 Å². The largest absolute Gasteiger partial charge is 0.480 e. The zero-order chi connectivity index (χ0) is 12.2. The molecule has 4 heteroatoms. The molecule has 3 rings (SSSR count). The number of fused-ring (bicyclic) bond motifs is 1. The van der Waals surface area contributed by atoms with Crippen LogP contribution in [0.1, 0.15) is 39.0 Å². The van der Waals surface area contributed by atoms with Crippen molar-refractivity contribution in [3.05, 3.63) is 0 Å². The molecule has 0 saturated heterocycles. The Morgan fingerprint density at radius 2 is 1.76 bits per heavy atom. The molecular formula is C13H19NO3. The van der Waals surface area contributed by atoms with Crippen molar-refractivity contribution in [3.8, 4) is 0 Å². The normalized spacial score (nSPS) is 38.1. The van der Waals surface area contributed by atoms with Gasteiger partial charge in [0.2, 0.25) is 5.91 Å². The van der Waals surface area contributed by atoms with Crippen molar-refractivity contribution < 1.29 is 14.7 Å². The van der Waals surface area contributed by atoms with Crippen molar-refractivity contribution in [2.24, 2.45) is 23.7 Å². The summed E-state index contributed by atoms with van der Waals surface area (Å²) in [5.41, 5.74) is -1.03. The molecule has 0 aromatic carbocycles. The van der Waals surface area contributed by atoms with Gasteiger partial charge in [-0.1, -0.05) is 6.42 Å². The van der Waals surface area contributed by atoms with Crippen molar-refractivity contribution in [1.29, 1.82) is 0 Å². The van der Waals surface area contributed by atoms with Crippen LogP contribution in [0.4, 0.5) is 0 Å². The number of nitrogens with one attached hydrogen (secondary N) is 1. The van der Waals surface area contributed by atoms with Crippen LogP contribution in [-0.4, -0.2) is 22.5 Å². The van der Waals surface area contributed by atoms with Crippen LogP contribution in [0.5, 0.6) is 0 Å². The third-order valence-electron chi connectivity index (χ3n) is 4.93. The summed E-state index contributed by atoms with van der Waals surface area (Å²) in [6, 6.07) is 0. The van der Waals surface area contributed by atoms with E-state index >= 15 is 0 Å². The van der Waals surface area contributed by atoms with Gasteiger partial charge in [-0.05, 0) is 50.4 Å². The molecule has 3 aliphatic rings. The Kier molecular flexibility index (Phi) is 2.25. The van der Waals surface area contributed by atoms with E-state index in [1.807, 2.05) is 0 Å². The van der Waals surface area contributed by atoms with Crippen LogP contribution in [0.25, 0.3) is 0 Å². The number of carbonyl (C=O) groups excluding carboxylic acids is 1. The summed E-state index contributed by atoms with van der Waals surface area (Å²) < 4.78 is 0. The minimum atomic E-state index is -1.03. The molecule has 0 aromatic heterocycles. The summed E-state index contributed by atoms with van der Waals surface area (Å²) in [7, 11) is 0. The highest BCUT2D eigenvalue weighted by Crippen LogP contribution is 2.57. The highest BCUT2D eigenvalue weighted by Gasteiger charge is 2.58. The van der Waals surface area contributed by atoms with Gasteiger partial charge in [0, 0.05) is 5.92 Å². The molecule has 0 bridgehead atoms. The second-order valence-electron chi connectivity index (χ2n) is 6.06. The van der Waals surface area contributed by atoms with Crippen LogP contribution >= 0.6 is 0 Å². The van der Waals surface area contributed by atoms with E-state index in [9.17, 15) is 14.7 Å². The lowest BCUT2D eigenvalue weighted by Crippen LogP contribution is -2.54. The van der Waals surface area contributed by atoms with Gasteiger partial charge < -0.3 is 10.4 Å². The number of hydrogen-bond acceptors (Lipinski definition) is 2. The number of aliphatic carboxylic acids is 1. The van der Waals surface area contributed by atoms with Crippen LogP contribution < -0.4 is 5.32 Å². The summed E-state index contributed by atoms with van der Waals surface area (Å²) in [6.07, 6.45) is 5.37. The minimum absolute atomic E-state index is 0.0171. The number of amides is 1. The lowest BCUT2D eigenvalue weighted by atomic mass is 9.95. The van der Waals surface area contributed by atoms with Crippen molar-refractivity contribution >= 4 is 11.9 Å². The minimum Gasteiger partial charge on any atom is -0.480 e. The molecule has 3 fully saturated rings. The third kappa shape index (κ3) is 1.65. The average molecular weight is 237 g/mol. The summed E-state index contributed by atoms with van der Waals surface area (Å²) in [5.74, 6) is 0.430. The molecule has 4 atom stereocenters. The first-order chi connectivity index (χ1) is 8.04. The molecule has 0 aromatic rings. The molecule has 0 spiro atoms. The fourth-order valence-corrected chi connectivity index (χ4v) is 3.54. The molecule has 3 aliphatic carbocycles. The van der Waals surface area contributed by atoms with Crippen LogP contribution in [0.3, 0.4) is 0 Å². The van der Waals surface area contributed by atoms with Crippen molar-refractivity contribution in [2.75, 3.05) is 0 Å². The van der Waals surface area contributed by atoms with Gasteiger partial charge >= 0.3 is 5.97 Å². The van der Waals surface area contributed by atoms with Crippen LogP contribution in [-0.2, 0) is 9.59 Å². The Hall–Kier alpha value is -1.06. The van der Waals surface area contributed by atoms with E-state index in [4.69, 9.17) is 0 Å². The van der Waals surface area contributed by atoms with Gasteiger partial charge in [0.25, 0.3) is 0 Å². The molecular weight excluding hydrogens is 218 g/mol. The number of rotatable bonds is 4. The predicted molar refractivity (Wildman–Crippen MR) is 61.2 cm³/mol. The highest BCUT2D eigenvalue weighted by molar-refractivity contribution is 5.90. The lowest BCUT2D eigenvalue weighted by Gasteiger charge is -2.26. The summed E-state index contributed by atoms with van der Waals surface area (Å²) in [5, 5.41) is 12.1. The van der Waals surface area contributed by atoms with Crippen molar-refractivity contribution in [1.82, 2.24) is 5.32 Å². The molecule has 1 amide bonds. The Morgan fingerprint density at radius 1 is 1.18 bits per heavy atom. The van der Waals surface area contributed by atoms with Crippen LogP contribution in [0, 0.1) is 23.7 Å². The SMILES string of the molecule is C[C@](NC(=O)C1[C@H]2CCC[C@@H]12)(C(=O)O)C1CC1. The maximum Gasteiger partial charge on any atom is 0.329 e. The van der Waals surface area contributed by atoms with E-state index in [0.29, 0.717) is 11.8 Å². The summed E-state index contributed by atoms with van der Waals surface area (Å²) in [6.45, 7) is 1.66. The van der Waals surface area contributed by atoms with Crippen molar-refractivity contribution in [3.63, 3.8) is 0 Å². The van der Waals surface area contributed by atoms with Crippen LogP contribution in [0.15, 0.2) is 0 Å². The Labute approximate surface area is 101 Å². The van der Waals surface area contributed by atoms with E-state index in [-0.39, 0.29) is 17.7 Å². The second kappa shape index (κ2) is 3.47. The molecule has 0 heterocycles. The Morgan fingerprint density at radius 3 is 2.24 bits per heavy atom. The van der Waals surface area contributed by atoms with Crippen molar-refractivity contribution in [2.45, 2.75) is 44.6 Å². The van der Waals surface area contributed by atoms with Gasteiger partial charge in [0.05, 0.1) is 0 Å². The molecule has 0 radical (unpaired) electrons. The van der Waals surface area contributed by atoms with Gasteiger partial charge in [-0.25, -0.2) is 4.79 Å². The molecule has 0 aliphatic heterocycles. The van der Waals surface area contributed by atoms with Gasteiger partial charge in [-0.3, -0.25) is 4.79 Å². The molecule has 94 valence electrons. The third-order valence-corrected chi connectivity index (χ3v) is 4.93. The van der Waals surface area contributed by atoms with E-state index in [2.05, 4.69) is 5.32 Å². The number of carboxylic acid groups (broad SMARTS) is 1. The molecule has 2 N–H and O–H groups in total. The van der Waals surface area contributed by atoms with Gasteiger partial charge in [0.1, 0.15) is 5.54 Å². The first-order valence-corrected chi connectivity index (χ1v) is 6.59. The summed E-state index contributed by atoms with van der Waals surface area (Å²) in [4.78, 5) is 23.4. The monoisotopic (exact) mass is 237 g/mol. The first-order valence-electron chi connectivity index (χ1n) is 6.59. The van der Waals surface area contributed by atoms with Crippen LogP contribution in [0.2, 0.25) is 0 Å². The highest BCUT2D eigenvalue weighted by atomic mass is 16.4. The molecule has 3 saturated carbocycles. The Balaban J connectivity index is 1.65. The standard InChI is InChI=1S/C13H19NO3/c1-13(12(16)17,7-5-6-7)14-11(15)10-8-3-2-4-9(8)10/h7-10H,2-6H2,1H3,(H,14,15)(H,16,17)/t8-,9+,10?,13-/m1/s1. The molecule has 1 unspecified atom stereocenters. The fraction of sp³-hybridized carbons (Fsp3) is 0.846. The van der Waals surface area contributed by atoms with Gasteiger partial charge in [-0.15, -0.1) is 0 Å². The van der Waals surface area contributed by atoms with E-state index in [0.717, 1.165) is 25.7 Å². The number of carbonyl (C=O) groups is 2. The predicted octanol–water partition coefficient (Wildman–Crippen LogP) is 1.40. The topological polar surface area (TPSA) is 66.4 Å². The van der Waals surface area contributed by atoms with E-state index in [1.165, 1.54) is 6.42 Å². The molecule has 17 heavy (non-hydrogen) atoms. The molecule has 4 nitrogen and oxygen atoms in total. The number of carboxylic acids is 1. The average Bonchev–Trinajstić information content (AvgIpc) is 3.17. The van der Waals surface area contributed by atoms with Gasteiger partial charge in [0.15, 0.2) is 0 Å². The Bertz CT molecular complexity index is 367. The number of hydrogen-bond donors (Lipinski definition) is 2. The first kappa shape index (κ1) is 11.1. The smallest absolute Gasteiger partial charge is 0.329 e. The van der Waals surface area contributed by atoms with Gasteiger partial charge in [-0.2, -0.15) is 0 Å².